The van der Waals surface area contributed by atoms with E-state index < -0.39 is 12.2 Å². The van der Waals surface area contributed by atoms with Gasteiger partial charge in [0.25, 0.3) is 0 Å². The Labute approximate surface area is 109 Å². The standard InChI is InChI=1S/C11H18F3N3O2/c12-11(13,14)9-2-1-7(5-15-9)16-10(18)17-8-3-4-19-6-8/h7-9,15H,1-6H2,(H2,16,17,18). The molecule has 2 aliphatic heterocycles. The van der Waals surface area contributed by atoms with E-state index in [1.807, 2.05) is 0 Å². The minimum Gasteiger partial charge on any atom is -0.379 e. The molecule has 3 unspecified atom stereocenters. The first-order chi connectivity index (χ1) is 8.95. The lowest BCUT2D eigenvalue weighted by Crippen LogP contribution is -2.56. The Morgan fingerprint density at radius 3 is 2.42 bits per heavy atom. The highest BCUT2D eigenvalue weighted by molar-refractivity contribution is 5.74. The summed E-state index contributed by atoms with van der Waals surface area (Å²) in [7, 11) is 0. The number of carbonyl (C=O) groups excluding carboxylic acids is 1. The highest BCUT2D eigenvalue weighted by Gasteiger charge is 2.41. The van der Waals surface area contributed by atoms with E-state index in [2.05, 4.69) is 16.0 Å². The normalized spacial score (nSPS) is 32.1. The van der Waals surface area contributed by atoms with Crippen molar-refractivity contribution in [3.8, 4) is 0 Å². The number of alkyl halides is 3. The summed E-state index contributed by atoms with van der Waals surface area (Å²) in [6.45, 7) is 1.26. The number of halogens is 3. The third kappa shape index (κ3) is 4.24. The maximum atomic E-state index is 12.4. The molecule has 0 radical (unpaired) electrons. The molecule has 0 aromatic heterocycles. The van der Waals surface area contributed by atoms with Crippen molar-refractivity contribution in [3.05, 3.63) is 0 Å². The predicted octanol–water partition coefficient (Wildman–Crippen LogP) is 0.757. The van der Waals surface area contributed by atoms with Crippen LogP contribution in [0, 0.1) is 0 Å². The van der Waals surface area contributed by atoms with Gasteiger partial charge in [0.05, 0.1) is 12.6 Å². The second-order valence-corrected chi connectivity index (χ2v) is 4.96. The Morgan fingerprint density at radius 1 is 1.16 bits per heavy atom. The molecular formula is C11H18F3N3O2. The van der Waals surface area contributed by atoms with Gasteiger partial charge >= 0.3 is 12.2 Å². The first-order valence-corrected chi connectivity index (χ1v) is 6.40. The van der Waals surface area contributed by atoms with Gasteiger partial charge in [0.2, 0.25) is 0 Å². The van der Waals surface area contributed by atoms with Gasteiger partial charge in [-0.1, -0.05) is 0 Å². The SMILES string of the molecule is O=C(NC1CCC(C(F)(F)F)NC1)NC1CCOC1. The fourth-order valence-corrected chi connectivity index (χ4v) is 2.32. The van der Waals surface area contributed by atoms with Crippen molar-refractivity contribution < 1.29 is 22.7 Å². The van der Waals surface area contributed by atoms with Gasteiger partial charge in [-0.2, -0.15) is 13.2 Å². The highest BCUT2D eigenvalue weighted by atomic mass is 19.4. The Hall–Kier alpha value is -1.02. The van der Waals surface area contributed by atoms with Gasteiger partial charge in [0.1, 0.15) is 6.04 Å². The summed E-state index contributed by atoms with van der Waals surface area (Å²) in [5.74, 6) is 0. The van der Waals surface area contributed by atoms with Crippen LogP contribution in [-0.4, -0.2) is 50.1 Å². The molecule has 0 saturated carbocycles. The largest absolute Gasteiger partial charge is 0.403 e. The number of piperidine rings is 1. The number of hydrogen-bond acceptors (Lipinski definition) is 3. The molecule has 2 rings (SSSR count). The van der Waals surface area contributed by atoms with Crippen LogP contribution in [0.5, 0.6) is 0 Å². The van der Waals surface area contributed by atoms with E-state index in [1.54, 1.807) is 0 Å². The first-order valence-electron chi connectivity index (χ1n) is 6.40. The van der Waals surface area contributed by atoms with E-state index >= 15 is 0 Å². The number of rotatable bonds is 2. The quantitative estimate of drug-likeness (QED) is 0.700. The molecule has 3 N–H and O–H groups in total. The average Bonchev–Trinajstić information content (AvgIpc) is 2.81. The van der Waals surface area contributed by atoms with Crippen molar-refractivity contribution in [2.24, 2.45) is 0 Å². The van der Waals surface area contributed by atoms with E-state index in [0.29, 0.717) is 19.6 Å². The van der Waals surface area contributed by atoms with Crippen molar-refractivity contribution in [2.45, 2.75) is 43.6 Å². The van der Waals surface area contributed by atoms with E-state index in [4.69, 9.17) is 4.74 Å². The summed E-state index contributed by atoms with van der Waals surface area (Å²) in [6.07, 6.45) is -3.13. The molecule has 2 saturated heterocycles. The number of ether oxygens (including phenoxy) is 1. The van der Waals surface area contributed by atoms with Gasteiger partial charge in [-0.25, -0.2) is 4.79 Å². The summed E-state index contributed by atoms with van der Waals surface area (Å²) < 4.78 is 42.4. The van der Waals surface area contributed by atoms with Crippen molar-refractivity contribution >= 4 is 6.03 Å². The van der Waals surface area contributed by atoms with Gasteiger partial charge in [-0.05, 0) is 19.3 Å². The predicted molar refractivity (Wildman–Crippen MR) is 61.8 cm³/mol. The van der Waals surface area contributed by atoms with E-state index in [-0.39, 0.29) is 31.1 Å². The first kappa shape index (κ1) is 14.4. The lowest BCUT2D eigenvalue weighted by atomic mass is 10.0. The van der Waals surface area contributed by atoms with Crippen LogP contribution in [0.1, 0.15) is 19.3 Å². The van der Waals surface area contributed by atoms with Crippen LogP contribution >= 0.6 is 0 Å². The van der Waals surface area contributed by atoms with Crippen LogP contribution in [0.25, 0.3) is 0 Å². The van der Waals surface area contributed by atoms with Crippen molar-refractivity contribution in [3.63, 3.8) is 0 Å². The average molecular weight is 281 g/mol. The zero-order valence-corrected chi connectivity index (χ0v) is 10.4. The molecule has 2 fully saturated rings. The van der Waals surface area contributed by atoms with Gasteiger partial charge in [-0.3, -0.25) is 0 Å². The fourth-order valence-electron chi connectivity index (χ4n) is 2.32. The van der Waals surface area contributed by atoms with E-state index in [9.17, 15) is 18.0 Å². The van der Waals surface area contributed by atoms with E-state index in [0.717, 1.165) is 6.42 Å². The third-order valence-corrected chi connectivity index (χ3v) is 3.41. The zero-order valence-electron chi connectivity index (χ0n) is 10.4. The molecule has 5 nitrogen and oxygen atoms in total. The Morgan fingerprint density at radius 2 is 1.89 bits per heavy atom. The number of urea groups is 1. The van der Waals surface area contributed by atoms with Crippen molar-refractivity contribution in [2.75, 3.05) is 19.8 Å². The van der Waals surface area contributed by atoms with Crippen LogP contribution < -0.4 is 16.0 Å². The van der Waals surface area contributed by atoms with E-state index in [1.165, 1.54) is 0 Å². The lowest BCUT2D eigenvalue weighted by molar-refractivity contribution is -0.160. The Balaban J connectivity index is 1.68. The molecule has 0 aromatic carbocycles. The smallest absolute Gasteiger partial charge is 0.379 e. The molecule has 2 amide bonds. The van der Waals surface area contributed by atoms with Crippen LogP contribution in [-0.2, 0) is 4.74 Å². The molecule has 110 valence electrons. The third-order valence-electron chi connectivity index (χ3n) is 3.41. The summed E-state index contributed by atoms with van der Waals surface area (Å²) in [5, 5.41) is 7.84. The molecule has 19 heavy (non-hydrogen) atoms. The molecule has 8 heteroatoms. The number of carbonyl (C=O) groups is 1. The van der Waals surface area contributed by atoms with Crippen LogP contribution in [0.2, 0.25) is 0 Å². The molecule has 0 bridgehead atoms. The minimum absolute atomic E-state index is 0.000488. The summed E-state index contributed by atoms with van der Waals surface area (Å²) in [5.41, 5.74) is 0. The molecule has 0 spiro atoms. The summed E-state index contributed by atoms with van der Waals surface area (Å²) in [4.78, 5) is 11.6. The van der Waals surface area contributed by atoms with Gasteiger partial charge in [0, 0.05) is 19.2 Å². The number of hydrogen-bond donors (Lipinski definition) is 3. The molecule has 2 aliphatic rings. The fraction of sp³-hybridized carbons (Fsp3) is 0.909. The molecule has 0 aliphatic carbocycles. The van der Waals surface area contributed by atoms with Crippen molar-refractivity contribution in [1.29, 1.82) is 0 Å². The van der Waals surface area contributed by atoms with Crippen LogP contribution in [0.15, 0.2) is 0 Å². The van der Waals surface area contributed by atoms with Gasteiger partial charge in [0.15, 0.2) is 0 Å². The zero-order chi connectivity index (χ0) is 13.9. The Bertz CT molecular complexity index is 311. The van der Waals surface area contributed by atoms with Gasteiger partial charge in [-0.15, -0.1) is 0 Å². The second kappa shape index (κ2) is 5.96. The number of amides is 2. The molecular weight excluding hydrogens is 263 g/mol. The molecule has 3 atom stereocenters. The van der Waals surface area contributed by atoms with Crippen LogP contribution in [0.3, 0.4) is 0 Å². The van der Waals surface area contributed by atoms with Crippen LogP contribution in [0.4, 0.5) is 18.0 Å². The topological polar surface area (TPSA) is 62.4 Å². The minimum atomic E-state index is -4.21. The molecule has 2 heterocycles. The molecule has 0 aromatic rings. The number of nitrogens with one attached hydrogen (secondary N) is 3. The highest BCUT2D eigenvalue weighted by Crippen LogP contribution is 2.26. The Kier molecular flexibility index (Phi) is 4.51. The van der Waals surface area contributed by atoms with Gasteiger partial charge < -0.3 is 20.7 Å². The summed E-state index contributed by atoms with van der Waals surface area (Å²) in [6, 6.07) is -2.06. The lowest BCUT2D eigenvalue weighted by Gasteiger charge is -2.31. The van der Waals surface area contributed by atoms with Crippen molar-refractivity contribution in [1.82, 2.24) is 16.0 Å². The monoisotopic (exact) mass is 281 g/mol. The maximum Gasteiger partial charge on any atom is 0.403 e. The summed E-state index contributed by atoms with van der Waals surface area (Å²) >= 11 is 0. The second-order valence-electron chi connectivity index (χ2n) is 4.96. The maximum absolute atomic E-state index is 12.4.